The maximum atomic E-state index is 13.3. The molecule has 0 saturated heterocycles. The van der Waals surface area contributed by atoms with Crippen LogP contribution in [0.25, 0.3) is 10.9 Å². The van der Waals surface area contributed by atoms with Gasteiger partial charge in [0, 0.05) is 21.6 Å². The number of rotatable bonds is 4. The zero-order chi connectivity index (χ0) is 19.6. The van der Waals surface area contributed by atoms with Crippen LogP contribution in [0.4, 0.5) is 13.6 Å². The molecule has 0 aliphatic carbocycles. The minimum atomic E-state index is -2.60. The summed E-state index contributed by atoms with van der Waals surface area (Å²) < 4.78 is 33.1. The number of benzene rings is 2. The Morgan fingerprint density at radius 3 is 2.56 bits per heavy atom. The fourth-order valence-corrected chi connectivity index (χ4v) is 3.64. The monoisotopic (exact) mass is 390 g/mol. The van der Waals surface area contributed by atoms with E-state index in [1.807, 2.05) is 30.3 Å². The molecule has 2 aromatic carbocycles. The van der Waals surface area contributed by atoms with Crippen molar-refractivity contribution in [2.75, 3.05) is 0 Å². The van der Waals surface area contributed by atoms with Crippen LogP contribution in [0.5, 0.6) is 0 Å². The number of hydrogen-bond acceptors (Lipinski definition) is 4. The first kappa shape index (κ1) is 19.4. The summed E-state index contributed by atoms with van der Waals surface area (Å²) >= 11 is 1.39. The van der Waals surface area contributed by atoms with Crippen molar-refractivity contribution in [3.8, 4) is 0 Å². The van der Waals surface area contributed by atoms with Crippen LogP contribution in [-0.2, 0) is 10.5 Å². The van der Waals surface area contributed by atoms with Crippen molar-refractivity contribution < 1.29 is 18.3 Å². The second-order valence-corrected chi connectivity index (χ2v) is 8.09. The van der Waals surface area contributed by atoms with Crippen molar-refractivity contribution in [2.45, 2.75) is 43.4 Å². The molecule has 142 valence electrons. The molecule has 0 N–H and O–H groups in total. The molecule has 0 atom stereocenters. The van der Waals surface area contributed by atoms with E-state index in [1.54, 1.807) is 20.8 Å². The Morgan fingerprint density at radius 1 is 1.22 bits per heavy atom. The van der Waals surface area contributed by atoms with Gasteiger partial charge in [-0.1, -0.05) is 30.3 Å². The number of nitrogens with zero attached hydrogens (tertiary/aromatic N) is 2. The lowest BCUT2D eigenvalue weighted by Crippen LogP contribution is -2.27. The highest BCUT2D eigenvalue weighted by Crippen LogP contribution is 2.35. The van der Waals surface area contributed by atoms with Gasteiger partial charge in [0.1, 0.15) is 5.60 Å². The molecule has 1 aromatic heterocycles. The van der Waals surface area contributed by atoms with E-state index in [4.69, 9.17) is 4.74 Å². The van der Waals surface area contributed by atoms with Crippen LogP contribution in [0, 0.1) is 0 Å². The average Bonchev–Trinajstić information content (AvgIpc) is 3.03. The molecule has 3 aromatic rings. The van der Waals surface area contributed by atoms with E-state index in [-0.39, 0.29) is 5.56 Å². The maximum Gasteiger partial charge on any atom is 0.435 e. The van der Waals surface area contributed by atoms with Crippen molar-refractivity contribution in [3.05, 3.63) is 59.8 Å². The number of carbonyl (C=O) groups is 1. The standard InChI is InChI=1S/C20H20F2N2O2S/c1-20(2,3)26-19(25)24-17-15(11-23-24)9-14(18(21)22)10-16(17)27-12-13-7-5-4-6-8-13/h4-11,18H,12H2,1-3H3. The number of ether oxygens (including phenoxy) is 1. The van der Waals surface area contributed by atoms with Crippen LogP contribution in [0.3, 0.4) is 0 Å². The summed E-state index contributed by atoms with van der Waals surface area (Å²) in [4.78, 5) is 13.1. The molecule has 0 spiro atoms. The van der Waals surface area contributed by atoms with E-state index in [0.717, 1.165) is 10.2 Å². The number of aromatic nitrogens is 2. The molecule has 0 aliphatic heterocycles. The van der Waals surface area contributed by atoms with Crippen LogP contribution < -0.4 is 0 Å². The van der Waals surface area contributed by atoms with Gasteiger partial charge in [0.15, 0.2) is 0 Å². The lowest BCUT2D eigenvalue weighted by atomic mass is 10.1. The quantitative estimate of drug-likeness (QED) is 0.509. The molecule has 0 amide bonds. The second kappa shape index (κ2) is 7.68. The van der Waals surface area contributed by atoms with E-state index >= 15 is 0 Å². The molecule has 0 radical (unpaired) electrons. The molecule has 0 saturated carbocycles. The smallest absolute Gasteiger partial charge is 0.435 e. The molecule has 0 bridgehead atoms. The van der Waals surface area contributed by atoms with Crippen molar-refractivity contribution in [2.24, 2.45) is 0 Å². The van der Waals surface area contributed by atoms with Crippen LogP contribution in [0.2, 0.25) is 0 Å². The number of alkyl halides is 2. The predicted molar refractivity (Wildman–Crippen MR) is 102 cm³/mol. The summed E-state index contributed by atoms with van der Waals surface area (Å²) in [6, 6.07) is 12.5. The molecule has 4 nitrogen and oxygen atoms in total. The Kier molecular flexibility index (Phi) is 5.51. The Labute approximate surface area is 160 Å². The predicted octanol–water partition coefficient (Wildman–Crippen LogP) is 6.05. The molecular formula is C20H20F2N2O2S. The van der Waals surface area contributed by atoms with Gasteiger partial charge in [-0.25, -0.2) is 13.6 Å². The summed E-state index contributed by atoms with van der Waals surface area (Å²) in [6.07, 6.45) is -1.82. The Morgan fingerprint density at radius 2 is 1.93 bits per heavy atom. The van der Waals surface area contributed by atoms with E-state index in [0.29, 0.717) is 21.6 Å². The normalized spacial score (nSPS) is 11.9. The average molecular weight is 390 g/mol. The Bertz CT molecular complexity index is 950. The van der Waals surface area contributed by atoms with Gasteiger partial charge in [0.2, 0.25) is 0 Å². The van der Waals surface area contributed by atoms with Gasteiger partial charge in [-0.3, -0.25) is 0 Å². The van der Waals surface area contributed by atoms with E-state index < -0.39 is 18.1 Å². The highest BCUT2D eigenvalue weighted by Gasteiger charge is 2.23. The molecule has 1 heterocycles. The summed E-state index contributed by atoms with van der Waals surface area (Å²) in [5.74, 6) is 0.585. The summed E-state index contributed by atoms with van der Waals surface area (Å²) in [5.41, 5.74) is 0.758. The minimum Gasteiger partial charge on any atom is -0.442 e. The zero-order valence-electron chi connectivity index (χ0n) is 15.3. The SMILES string of the molecule is CC(C)(C)OC(=O)n1ncc2cc(C(F)F)cc(SCc3ccccc3)c21. The van der Waals surface area contributed by atoms with Crippen molar-refractivity contribution >= 4 is 28.8 Å². The van der Waals surface area contributed by atoms with Gasteiger partial charge in [0.05, 0.1) is 11.7 Å². The van der Waals surface area contributed by atoms with E-state index in [1.165, 1.54) is 30.1 Å². The number of thioether (sulfide) groups is 1. The molecule has 0 fully saturated rings. The van der Waals surface area contributed by atoms with Crippen LogP contribution in [0.1, 0.15) is 38.3 Å². The largest absolute Gasteiger partial charge is 0.442 e. The highest BCUT2D eigenvalue weighted by molar-refractivity contribution is 7.98. The molecular weight excluding hydrogens is 370 g/mol. The van der Waals surface area contributed by atoms with Gasteiger partial charge < -0.3 is 4.74 Å². The first-order valence-electron chi connectivity index (χ1n) is 8.44. The maximum absolute atomic E-state index is 13.3. The number of carbonyl (C=O) groups excluding carboxylic acids is 1. The van der Waals surface area contributed by atoms with Crippen LogP contribution in [-0.4, -0.2) is 21.5 Å². The number of hydrogen-bond donors (Lipinski definition) is 0. The third-order valence-electron chi connectivity index (χ3n) is 3.71. The zero-order valence-corrected chi connectivity index (χ0v) is 16.1. The van der Waals surface area contributed by atoms with Crippen molar-refractivity contribution in [1.82, 2.24) is 9.78 Å². The minimum absolute atomic E-state index is 0.0956. The van der Waals surface area contributed by atoms with Crippen molar-refractivity contribution in [3.63, 3.8) is 0 Å². The van der Waals surface area contributed by atoms with Gasteiger partial charge in [-0.15, -0.1) is 11.8 Å². The summed E-state index contributed by atoms with van der Waals surface area (Å²) in [6.45, 7) is 5.28. The molecule has 3 rings (SSSR count). The fourth-order valence-electron chi connectivity index (χ4n) is 2.57. The number of halogens is 2. The Balaban J connectivity index is 2.02. The first-order valence-corrected chi connectivity index (χ1v) is 9.43. The third-order valence-corrected chi connectivity index (χ3v) is 4.81. The van der Waals surface area contributed by atoms with Gasteiger partial charge >= 0.3 is 6.09 Å². The Hall–Kier alpha value is -2.41. The lowest BCUT2D eigenvalue weighted by molar-refractivity contribution is 0.0522. The molecule has 7 heteroatoms. The van der Waals surface area contributed by atoms with Gasteiger partial charge in [-0.2, -0.15) is 9.78 Å². The fraction of sp³-hybridized carbons (Fsp3) is 0.300. The highest BCUT2D eigenvalue weighted by atomic mass is 32.2. The van der Waals surface area contributed by atoms with E-state index in [2.05, 4.69) is 5.10 Å². The van der Waals surface area contributed by atoms with Crippen LogP contribution in [0.15, 0.2) is 53.6 Å². The van der Waals surface area contributed by atoms with Gasteiger partial charge in [0.25, 0.3) is 6.43 Å². The third kappa shape index (κ3) is 4.66. The summed E-state index contributed by atoms with van der Waals surface area (Å²) in [7, 11) is 0. The molecule has 27 heavy (non-hydrogen) atoms. The van der Waals surface area contributed by atoms with E-state index in [9.17, 15) is 13.6 Å². The first-order chi connectivity index (χ1) is 12.7. The van der Waals surface area contributed by atoms with Crippen molar-refractivity contribution in [1.29, 1.82) is 0 Å². The van der Waals surface area contributed by atoms with Crippen LogP contribution >= 0.6 is 11.8 Å². The lowest BCUT2D eigenvalue weighted by Gasteiger charge is -2.19. The second-order valence-electron chi connectivity index (χ2n) is 7.07. The molecule has 0 aliphatic rings. The van der Waals surface area contributed by atoms with Gasteiger partial charge in [-0.05, 0) is 38.5 Å². The molecule has 0 unspecified atom stereocenters. The topological polar surface area (TPSA) is 44.1 Å². The number of fused-ring (bicyclic) bond motifs is 1. The summed E-state index contributed by atoms with van der Waals surface area (Å²) in [5, 5.41) is 4.56.